The molecule has 0 radical (unpaired) electrons. The van der Waals surface area contributed by atoms with Crippen LogP contribution >= 0.6 is 0 Å². The van der Waals surface area contributed by atoms with E-state index in [-0.39, 0.29) is 0 Å². The minimum Gasteiger partial charge on any atom is -0.310 e. The van der Waals surface area contributed by atoms with E-state index in [1.807, 2.05) is 0 Å². The van der Waals surface area contributed by atoms with Gasteiger partial charge in [-0.15, -0.1) is 0 Å². The Morgan fingerprint density at radius 3 is 1.00 bits per heavy atom. The standard InChI is InChI=1S/C73H51N3/c1-7-24-52(25-8-1)53-42-44-59(45-43-53)76(63-49-61(74(55-28-11-3-12-29-55)56-30-13-4-14-31-56)48-62(50-63)75(57-32-15-5-16-33-57)58-34-17-6-18-35-58)60-46-47-67-71(51-60)73(68-39-21-19-36-65(68)66-37-20-22-40-69(66)73)70-41-23-38-64(72(67)70)54-26-9-2-10-27-54/h1-51H. The molecule has 3 heteroatoms. The highest BCUT2D eigenvalue weighted by atomic mass is 15.2. The number of para-hydroxylation sites is 4. The van der Waals surface area contributed by atoms with Gasteiger partial charge in [-0.25, -0.2) is 0 Å². The molecule has 2 aliphatic carbocycles. The third-order valence-corrected chi connectivity index (χ3v) is 15.4. The van der Waals surface area contributed by atoms with Crippen LogP contribution in [0.4, 0.5) is 51.2 Å². The van der Waals surface area contributed by atoms with Crippen molar-refractivity contribution in [2.24, 2.45) is 0 Å². The average Bonchev–Trinajstić information content (AvgIpc) is 4.00. The van der Waals surface area contributed by atoms with E-state index in [2.05, 4.69) is 324 Å². The monoisotopic (exact) mass is 969 g/mol. The van der Waals surface area contributed by atoms with Gasteiger partial charge in [-0.2, -0.15) is 0 Å². The number of hydrogen-bond acceptors (Lipinski definition) is 3. The summed E-state index contributed by atoms with van der Waals surface area (Å²) in [4.78, 5) is 7.24. The van der Waals surface area contributed by atoms with Gasteiger partial charge in [0, 0.05) is 34.1 Å². The smallest absolute Gasteiger partial charge is 0.0726 e. The van der Waals surface area contributed by atoms with Gasteiger partial charge in [-0.3, -0.25) is 0 Å². The Morgan fingerprint density at radius 1 is 0.184 bits per heavy atom. The fourth-order valence-electron chi connectivity index (χ4n) is 12.2. The zero-order chi connectivity index (χ0) is 50.4. The summed E-state index contributed by atoms with van der Waals surface area (Å²) in [5, 5.41) is 0. The van der Waals surface area contributed by atoms with Gasteiger partial charge >= 0.3 is 0 Å². The van der Waals surface area contributed by atoms with E-state index in [1.54, 1.807) is 0 Å². The van der Waals surface area contributed by atoms with Crippen molar-refractivity contribution >= 4 is 51.2 Å². The fraction of sp³-hybridized carbons (Fsp3) is 0.0137. The van der Waals surface area contributed by atoms with Crippen LogP contribution in [0.2, 0.25) is 0 Å². The fourth-order valence-corrected chi connectivity index (χ4v) is 12.2. The summed E-state index contributed by atoms with van der Waals surface area (Å²) in [6, 6.07) is 113. The summed E-state index contributed by atoms with van der Waals surface area (Å²) in [6.07, 6.45) is 0. The summed E-state index contributed by atoms with van der Waals surface area (Å²) < 4.78 is 0. The molecule has 0 bridgehead atoms. The van der Waals surface area contributed by atoms with Crippen molar-refractivity contribution in [3.8, 4) is 44.5 Å². The van der Waals surface area contributed by atoms with Crippen LogP contribution in [0.5, 0.6) is 0 Å². The molecule has 0 amide bonds. The van der Waals surface area contributed by atoms with Crippen LogP contribution in [-0.2, 0) is 5.41 Å². The molecule has 0 unspecified atom stereocenters. The van der Waals surface area contributed by atoms with E-state index in [0.29, 0.717) is 0 Å². The van der Waals surface area contributed by atoms with Crippen molar-refractivity contribution in [3.05, 3.63) is 332 Å². The summed E-state index contributed by atoms with van der Waals surface area (Å²) in [6.45, 7) is 0. The van der Waals surface area contributed by atoms with Gasteiger partial charge < -0.3 is 14.7 Å². The molecule has 1 spiro atoms. The number of nitrogens with zero attached hydrogens (tertiary/aromatic N) is 3. The second-order valence-electron chi connectivity index (χ2n) is 19.6. The molecule has 0 heterocycles. The lowest BCUT2D eigenvalue weighted by molar-refractivity contribution is 0.794. The Kier molecular flexibility index (Phi) is 11.1. The van der Waals surface area contributed by atoms with E-state index < -0.39 is 5.41 Å². The minimum atomic E-state index is -0.580. The largest absolute Gasteiger partial charge is 0.310 e. The number of benzene rings is 12. The minimum absolute atomic E-state index is 0.580. The SMILES string of the molecule is c1ccc(-c2ccc(N(c3cc(N(c4ccccc4)c4ccccc4)cc(N(c4ccccc4)c4ccccc4)c3)c3ccc4c(c3)C3(c5ccccc5-c5ccccc53)c3cccc(-c5ccccc5)c3-4)cc2)cc1. The molecular weight excluding hydrogens is 919 g/mol. The molecule has 0 fully saturated rings. The van der Waals surface area contributed by atoms with Gasteiger partial charge in [0.05, 0.1) is 22.5 Å². The van der Waals surface area contributed by atoms with Crippen LogP contribution < -0.4 is 14.7 Å². The number of anilines is 9. The first-order chi connectivity index (χ1) is 37.7. The molecule has 12 aromatic carbocycles. The highest BCUT2D eigenvalue weighted by molar-refractivity contribution is 6.01. The van der Waals surface area contributed by atoms with Gasteiger partial charge in [0.2, 0.25) is 0 Å². The maximum absolute atomic E-state index is 2.51. The van der Waals surface area contributed by atoms with Crippen LogP contribution in [0.3, 0.4) is 0 Å². The van der Waals surface area contributed by atoms with Gasteiger partial charge in [-0.1, -0.05) is 218 Å². The van der Waals surface area contributed by atoms with Crippen LogP contribution in [0.25, 0.3) is 44.5 Å². The normalized spacial score (nSPS) is 12.3. The molecule has 0 atom stereocenters. The molecule has 0 N–H and O–H groups in total. The lowest BCUT2D eigenvalue weighted by Crippen LogP contribution is -2.26. The van der Waals surface area contributed by atoms with E-state index in [0.717, 1.165) is 56.7 Å². The second kappa shape index (κ2) is 18.8. The highest BCUT2D eigenvalue weighted by Gasteiger charge is 2.52. The zero-order valence-electron chi connectivity index (χ0n) is 41.8. The van der Waals surface area contributed by atoms with Crippen molar-refractivity contribution in [1.29, 1.82) is 0 Å². The average molecular weight is 970 g/mol. The van der Waals surface area contributed by atoms with Crippen molar-refractivity contribution < 1.29 is 0 Å². The molecule has 358 valence electrons. The summed E-state index contributed by atoms with van der Waals surface area (Å²) in [5.41, 5.74) is 23.9. The lowest BCUT2D eigenvalue weighted by atomic mass is 9.70. The molecule has 0 aliphatic heterocycles. The van der Waals surface area contributed by atoms with Gasteiger partial charge in [0.25, 0.3) is 0 Å². The quantitative estimate of drug-likeness (QED) is 0.128. The molecule has 3 nitrogen and oxygen atoms in total. The van der Waals surface area contributed by atoms with E-state index in [1.165, 1.54) is 61.2 Å². The predicted octanol–water partition coefficient (Wildman–Crippen LogP) is 19.8. The molecule has 0 aromatic heterocycles. The van der Waals surface area contributed by atoms with Gasteiger partial charge in [0.1, 0.15) is 0 Å². The second-order valence-corrected chi connectivity index (χ2v) is 19.6. The summed E-state index contributed by atoms with van der Waals surface area (Å²) in [5.74, 6) is 0. The molecule has 76 heavy (non-hydrogen) atoms. The molecule has 2 aliphatic rings. The Balaban J connectivity index is 1.07. The third-order valence-electron chi connectivity index (χ3n) is 15.4. The van der Waals surface area contributed by atoms with Crippen LogP contribution in [0.15, 0.2) is 309 Å². The lowest BCUT2D eigenvalue weighted by Gasteiger charge is -2.34. The molecule has 14 rings (SSSR count). The van der Waals surface area contributed by atoms with Crippen LogP contribution in [0.1, 0.15) is 22.3 Å². The highest BCUT2D eigenvalue weighted by Crippen LogP contribution is 2.65. The van der Waals surface area contributed by atoms with Crippen molar-refractivity contribution in [2.45, 2.75) is 5.41 Å². The van der Waals surface area contributed by atoms with E-state index >= 15 is 0 Å². The Hall–Kier alpha value is -9.96. The third kappa shape index (κ3) is 7.43. The van der Waals surface area contributed by atoms with E-state index in [4.69, 9.17) is 0 Å². The van der Waals surface area contributed by atoms with Crippen LogP contribution in [0, 0.1) is 0 Å². The first kappa shape index (κ1) is 44.7. The number of fused-ring (bicyclic) bond motifs is 10. The van der Waals surface area contributed by atoms with Gasteiger partial charge in [-0.05, 0) is 158 Å². The Labute approximate surface area is 445 Å². The maximum atomic E-state index is 2.51. The Bertz CT molecular complexity index is 3800. The first-order valence-corrected chi connectivity index (χ1v) is 26.2. The van der Waals surface area contributed by atoms with Gasteiger partial charge in [0.15, 0.2) is 0 Å². The molecule has 0 saturated heterocycles. The van der Waals surface area contributed by atoms with Crippen molar-refractivity contribution in [3.63, 3.8) is 0 Å². The van der Waals surface area contributed by atoms with E-state index in [9.17, 15) is 0 Å². The Morgan fingerprint density at radius 2 is 0.526 bits per heavy atom. The number of rotatable bonds is 11. The van der Waals surface area contributed by atoms with Crippen molar-refractivity contribution in [2.75, 3.05) is 14.7 Å². The maximum Gasteiger partial charge on any atom is 0.0726 e. The summed E-state index contributed by atoms with van der Waals surface area (Å²) in [7, 11) is 0. The van der Waals surface area contributed by atoms with Crippen molar-refractivity contribution in [1.82, 2.24) is 0 Å². The van der Waals surface area contributed by atoms with Crippen LogP contribution in [-0.4, -0.2) is 0 Å². The predicted molar refractivity (Wildman–Crippen MR) is 318 cm³/mol. The molecule has 0 saturated carbocycles. The molecular formula is C73H51N3. The topological polar surface area (TPSA) is 9.72 Å². The number of hydrogen-bond donors (Lipinski definition) is 0. The zero-order valence-corrected chi connectivity index (χ0v) is 41.8. The molecule has 12 aromatic rings. The summed E-state index contributed by atoms with van der Waals surface area (Å²) >= 11 is 0. The first-order valence-electron chi connectivity index (χ1n) is 26.2.